The standard InChI is InChI=1S/C5H15N3/c1-5(6)3-4-8(2)7/h5H,3-4,6-7H2,1-2H3. The Morgan fingerprint density at radius 2 is 2.12 bits per heavy atom. The molecular formula is C5H15N3. The van der Waals surface area contributed by atoms with Crippen molar-refractivity contribution in [1.29, 1.82) is 0 Å². The lowest BCUT2D eigenvalue weighted by Gasteiger charge is -2.10. The zero-order valence-electron chi connectivity index (χ0n) is 5.59. The number of hydrazine groups is 1. The Kier molecular flexibility index (Phi) is 3.77. The Balaban J connectivity index is 2.93. The maximum Gasteiger partial charge on any atom is 0.0140 e. The van der Waals surface area contributed by atoms with Crippen LogP contribution in [-0.4, -0.2) is 24.6 Å². The van der Waals surface area contributed by atoms with Crippen LogP contribution in [0, 0.1) is 0 Å². The lowest BCUT2D eigenvalue weighted by atomic mass is 10.2. The number of hydrogen-bond acceptors (Lipinski definition) is 3. The monoisotopic (exact) mass is 117 g/mol. The Hall–Kier alpha value is -0.120. The molecular weight excluding hydrogens is 102 g/mol. The number of nitrogens with two attached hydrogens (primary N) is 2. The average molecular weight is 117 g/mol. The van der Waals surface area contributed by atoms with Crippen molar-refractivity contribution in [1.82, 2.24) is 5.01 Å². The second-order valence-corrected chi connectivity index (χ2v) is 2.25. The van der Waals surface area contributed by atoms with Crippen LogP contribution in [0.4, 0.5) is 0 Å². The zero-order chi connectivity index (χ0) is 6.57. The molecule has 8 heavy (non-hydrogen) atoms. The highest BCUT2D eigenvalue weighted by Gasteiger charge is 1.93. The second-order valence-electron chi connectivity index (χ2n) is 2.25. The molecule has 1 atom stereocenters. The quantitative estimate of drug-likeness (QED) is 0.388. The Morgan fingerprint density at radius 3 is 2.25 bits per heavy atom. The van der Waals surface area contributed by atoms with Gasteiger partial charge in [-0.2, -0.15) is 0 Å². The molecule has 0 radical (unpaired) electrons. The molecule has 0 bridgehead atoms. The molecule has 0 saturated heterocycles. The van der Waals surface area contributed by atoms with Gasteiger partial charge in [0, 0.05) is 19.6 Å². The molecule has 0 aliphatic heterocycles. The van der Waals surface area contributed by atoms with E-state index in [2.05, 4.69) is 0 Å². The minimum atomic E-state index is 0.265. The van der Waals surface area contributed by atoms with Gasteiger partial charge in [0.25, 0.3) is 0 Å². The van der Waals surface area contributed by atoms with Crippen molar-refractivity contribution >= 4 is 0 Å². The van der Waals surface area contributed by atoms with Gasteiger partial charge in [-0.3, -0.25) is 10.9 Å². The van der Waals surface area contributed by atoms with Gasteiger partial charge in [-0.1, -0.05) is 0 Å². The fourth-order valence-corrected chi connectivity index (χ4v) is 0.407. The van der Waals surface area contributed by atoms with Crippen LogP contribution in [0.5, 0.6) is 0 Å². The molecule has 0 rings (SSSR count). The normalized spacial score (nSPS) is 14.6. The molecule has 4 N–H and O–H groups in total. The van der Waals surface area contributed by atoms with E-state index in [9.17, 15) is 0 Å². The third-order valence-electron chi connectivity index (χ3n) is 0.937. The predicted molar refractivity (Wildman–Crippen MR) is 35.1 cm³/mol. The molecule has 0 aromatic heterocycles. The van der Waals surface area contributed by atoms with Crippen molar-refractivity contribution in [2.45, 2.75) is 19.4 Å². The smallest absolute Gasteiger partial charge is 0.0140 e. The van der Waals surface area contributed by atoms with Crippen LogP contribution in [0.3, 0.4) is 0 Å². The molecule has 0 aromatic rings. The van der Waals surface area contributed by atoms with Crippen LogP contribution >= 0.6 is 0 Å². The molecule has 0 saturated carbocycles. The molecule has 3 nitrogen and oxygen atoms in total. The minimum absolute atomic E-state index is 0.265. The van der Waals surface area contributed by atoms with E-state index in [0.29, 0.717) is 0 Å². The summed E-state index contributed by atoms with van der Waals surface area (Å²) in [5, 5.41) is 1.64. The van der Waals surface area contributed by atoms with E-state index in [4.69, 9.17) is 11.6 Å². The largest absolute Gasteiger partial charge is 0.328 e. The Bertz CT molecular complexity index is 43.6. The summed E-state index contributed by atoms with van der Waals surface area (Å²) in [7, 11) is 1.84. The molecule has 0 aromatic carbocycles. The molecule has 3 heteroatoms. The SMILES string of the molecule is CC(N)CCN(C)N. The van der Waals surface area contributed by atoms with E-state index in [1.165, 1.54) is 0 Å². The van der Waals surface area contributed by atoms with Gasteiger partial charge >= 0.3 is 0 Å². The van der Waals surface area contributed by atoms with Crippen molar-refractivity contribution in [3.63, 3.8) is 0 Å². The van der Waals surface area contributed by atoms with Gasteiger partial charge in [-0.15, -0.1) is 0 Å². The van der Waals surface area contributed by atoms with Crippen LogP contribution in [0.25, 0.3) is 0 Å². The average Bonchev–Trinajstić information content (AvgIpc) is 1.61. The third kappa shape index (κ3) is 5.88. The van der Waals surface area contributed by atoms with E-state index < -0.39 is 0 Å². The van der Waals surface area contributed by atoms with Crippen LogP contribution in [0.2, 0.25) is 0 Å². The lowest BCUT2D eigenvalue weighted by molar-refractivity contribution is 0.333. The highest BCUT2D eigenvalue weighted by atomic mass is 15.4. The molecule has 0 fully saturated rings. The van der Waals surface area contributed by atoms with Gasteiger partial charge < -0.3 is 5.73 Å². The molecule has 0 amide bonds. The summed E-state index contributed by atoms with van der Waals surface area (Å²) < 4.78 is 0. The van der Waals surface area contributed by atoms with Crippen molar-refractivity contribution < 1.29 is 0 Å². The molecule has 0 aliphatic carbocycles. The fraction of sp³-hybridized carbons (Fsp3) is 1.00. The van der Waals surface area contributed by atoms with Crippen LogP contribution in [-0.2, 0) is 0 Å². The number of hydrogen-bond donors (Lipinski definition) is 2. The van der Waals surface area contributed by atoms with Crippen molar-refractivity contribution in [2.24, 2.45) is 11.6 Å². The Labute approximate surface area is 50.6 Å². The van der Waals surface area contributed by atoms with E-state index in [0.717, 1.165) is 13.0 Å². The first kappa shape index (κ1) is 7.88. The molecule has 0 spiro atoms. The zero-order valence-corrected chi connectivity index (χ0v) is 5.59. The molecule has 50 valence electrons. The Morgan fingerprint density at radius 1 is 1.62 bits per heavy atom. The van der Waals surface area contributed by atoms with Crippen LogP contribution in [0.1, 0.15) is 13.3 Å². The van der Waals surface area contributed by atoms with E-state index in [1.807, 2.05) is 14.0 Å². The van der Waals surface area contributed by atoms with Gasteiger partial charge in [0.1, 0.15) is 0 Å². The highest BCUT2D eigenvalue weighted by molar-refractivity contribution is 4.53. The van der Waals surface area contributed by atoms with Gasteiger partial charge in [-0.25, -0.2) is 0 Å². The summed E-state index contributed by atoms with van der Waals surface area (Å²) in [4.78, 5) is 0. The van der Waals surface area contributed by atoms with E-state index in [-0.39, 0.29) is 6.04 Å². The minimum Gasteiger partial charge on any atom is -0.328 e. The summed E-state index contributed by atoms with van der Waals surface area (Å²) in [6.07, 6.45) is 0.965. The second kappa shape index (κ2) is 3.83. The first-order chi connectivity index (χ1) is 3.63. The number of nitrogens with zero attached hydrogens (tertiary/aromatic N) is 1. The van der Waals surface area contributed by atoms with Crippen molar-refractivity contribution in [3.05, 3.63) is 0 Å². The molecule has 0 heterocycles. The van der Waals surface area contributed by atoms with Crippen LogP contribution in [0.15, 0.2) is 0 Å². The highest BCUT2D eigenvalue weighted by Crippen LogP contribution is 1.84. The van der Waals surface area contributed by atoms with Gasteiger partial charge in [-0.05, 0) is 13.3 Å². The summed E-state index contributed by atoms with van der Waals surface area (Å²) in [6, 6.07) is 0.265. The number of rotatable bonds is 3. The van der Waals surface area contributed by atoms with Crippen molar-refractivity contribution in [3.8, 4) is 0 Å². The summed E-state index contributed by atoms with van der Waals surface area (Å²) in [5.74, 6) is 5.32. The predicted octanol–water partition coefficient (Wildman–Crippen LogP) is -0.471. The van der Waals surface area contributed by atoms with Gasteiger partial charge in [0.2, 0.25) is 0 Å². The first-order valence-electron chi connectivity index (χ1n) is 2.84. The lowest BCUT2D eigenvalue weighted by Crippen LogP contribution is -2.30. The summed E-state index contributed by atoms with van der Waals surface area (Å²) in [5.41, 5.74) is 5.46. The summed E-state index contributed by atoms with van der Waals surface area (Å²) >= 11 is 0. The fourth-order valence-electron chi connectivity index (χ4n) is 0.407. The van der Waals surface area contributed by atoms with E-state index >= 15 is 0 Å². The summed E-state index contributed by atoms with van der Waals surface area (Å²) in [6.45, 7) is 2.85. The van der Waals surface area contributed by atoms with Crippen molar-refractivity contribution in [2.75, 3.05) is 13.6 Å². The van der Waals surface area contributed by atoms with E-state index in [1.54, 1.807) is 5.01 Å². The third-order valence-corrected chi connectivity index (χ3v) is 0.937. The first-order valence-corrected chi connectivity index (χ1v) is 2.84. The topological polar surface area (TPSA) is 55.3 Å². The van der Waals surface area contributed by atoms with Gasteiger partial charge in [0.05, 0.1) is 0 Å². The van der Waals surface area contributed by atoms with Gasteiger partial charge in [0.15, 0.2) is 0 Å². The maximum atomic E-state index is 5.46. The maximum absolute atomic E-state index is 5.46. The molecule has 1 unspecified atom stereocenters. The van der Waals surface area contributed by atoms with Crippen LogP contribution < -0.4 is 11.6 Å². The molecule has 0 aliphatic rings.